The molecule has 0 saturated carbocycles. The van der Waals surface area contributed by atoms with Gasteiger partial charge in [-0.15, -0.1) is 0 Å². The van der Waals surface area contributed by atoms with Crippen LogP contribution >= 0.6 is 45.2 Å². The maximum absolute atomic E-state index is 14.2. The van der Waals surface area contributed by atoms with Gasteiger partial charge >= 0.3 is 11.9 Å². The summed E-state index contributed by atoms with van der Waals surface area (Å²) < 4.78 is 28.8. The summed E-state index contributed by atoms with van der Waals surface area (Å²) in [6, 6.07) is 41.0. The number of rotatable bonds is 6. The number of hydrogen-bond donors (Lipinski definition) is 0. The van der Waals surface area contributed by atoms with E-state index in [0.717, 1.165) is 46.1 Å². The van der Waals surface area contributed by atoms with Gasteiger partial charge in [0, 0.05) is 24.2 Å². The summed E-state index contributed by atoms with van der Waals surface area (Å²) in [5, 5.41) is 0. The lowest BCUT2D eigenvalue weighted by Crippen LogP contribution is -2.44. The molecule has 0 radical (unpaired) electrons. The van der Waals surface area contributed by atoms with E-state index in [4.69, 9.17) is 9.47 Å². The molecular weight excluding hydrogens is 829 g/mol. The molecule has 0 heterocycles. The van der Waals surface area contributed by atoms with Gasteiger partial charge in [0.1, 0.15) is 17.3 Å². The van der Waals surface area contributed by atoms with Gasteiger partial charge in [-0.2, -0.15) is 0 Å². The van der Waals surface area contributed by atoms with Crippen molar-refractivity contribution in [2.24, 2.45) is 0 Å². The highest BCUT2D eigenvalue weighted by Crippen LogP contribution is 2.64. The van der Waals surface area contributed by atoms with Gasteiger partial charge in [0.25, 0.3) is 0 Å². The van der Waals surface area contributed by atoms with Crippen LogP contribution < -0.4 is 9.47 Å². The van der Waals surface area contributed by atoms with Crippen LogP contribution in [0.15, 0.2) is 133 Å². The number of halogens is 3. The molecule has 2 bridgehead atoms. The summed E-state index contributed by atoms with van der Waals surface area (Å²) in [6.45, 7) is 0. The Kier molecular flexibility index (Phi) is 7.91. The third-order valence-corrected chi connectivity index (χ3v) is 10.7. The second-order valence-electron chi connectivity index (χ2n) is 12.0. The van der Waals surface area contributed by atoms with Crippen LogP contribution in [0, 0.1) is 13.0 Å². The number of ether oxygens (including phenoxy) is 2. The summed E-state index contributed by atoms with van der Waals surface area (Å²) >= 11 is 4.40. The lowest BCUT2D eigenvalue weighted by Gasteiger charge is -2.51. The zero-order chi connectivity index (χ0) is 33.0. The lowest BCUT2D eigenvalue weighted by molar-refractivity contribution is 0.0714. The van der Waals surface area contributed by atoms with Gasteiger partial charge in [0.05, 0.1) is 16.5 Å². The van der Waals surface area contributed by atoms with Gasteiger partial charge in [-0.25, -0.2) is 14.0 Å². The first kappa shape index (κ1) is 31.0. The Morgan fingerprint density at radius 2 is 1.08 bits per heavy atom. The molecule has 48 heavy (non-hydrogen) atoms. The minimum Gasteiger partial charge on any atom is -0.423 e. The molecule has 0 fully saturated rings. The standard InChI is InChI=1S/C41H25FI2O4/c42-27-15-9-24(10-16-27)23-41-32-7-3-1-5-30(32)36(31-6-2-4-8-33(31)41)37-34(47-39(45)25-11-17-28(43)18-12-25)21-22-35(38(37)41)48-40(46)26-13-19-29(44)20-14-26/h1-22,36H,23H2. The Balaban J connectivity index is 1.39. The summed E-state index contributed by atoms with van der Waals surface area (Å²) in [5.74, 6) is -0.787. The van der Waals surface area contributed by atoms with Crippen LogP contribution in [0.3, 0.4) is 0 Å². The predicted molar refractivity (Wildman–Crippen MR) is 198 cm³/mol. The molecule has 0 atom stereocenters. The van der Waals surface area contributed by atoms with Crippen molar-refractivity contribution in [1.82, 2.24) is 0 Å². The second-order valence-corrected chi connectivity index (χ2v) is 14.5. The van der Waals surface area contributed by atoms with E-state index in [0.29, 0.717) is 29.0 Å². The van der Waals surface area contributed by atoms with Gasteiger partial charge < -0.3 is 9.47 Å². The number of hydrogen-bond acceptors (Lipinski definition) is 4. The molecule has 0 aromatic heterocycles. The van der Waals surface area contributed by atoms with Crippen molar-refractivity contribution >= 4 is 57.1 Å². The fourth-order valence-electron chi connectivity index (χ4n) is 7.33. The molecule has 0 aliphatic heterocycles. The Morgan fingerprint density at radius 3 is 1.62 bits per heavy atom. The van der Waals surface area contributed by atoms with Crippen molar-refractivity contribution in [3.63, 3.8) is 0 Å². The Labute approximate surface area is 304 Å². The van der Waals surface area contributed by atoms with Crippen LogP contribution in [-0.2, 0) is 11.8 Å². The average molecular weight is 854 g/mol. The van der Waals surface area contributed by atoms with E-state index in [1.54, 1.807) is 48.5 Å². The maximum atomic E-state index is 14.2. The maximum Gasteiger partial charge on any atom is 0.343 e. The highest BCUT2D eigenvalue weighted by Gasteiger charge is 2.54. The molecule has 0 saturated heterocycles. The van der Waals surface area contributed by atoms with Gasteiger partial charge in [-0.3, -0.25) is 0 Å². The Hall–Kier alpha value is -4.35. The van der Waals surface area contributed by atoms with Crippen LogP contribution in [0.4, 0.5) is 4.39 Å². The highest BCUT2D eigenvalue weighted by atomic mass is 127. The van der Waals surface area contributed by atoms with E-state index in [1.807, 2.05) is 48.5 Å². The monoisotopic (exact) mass is 854 g/mol. The van der Waals surface area contributed by atoms with E-state index in [-0.39, 0.29) is 11.7 Å². The molecular formula is C41H25FI2O4. The zero-order valence-corrected chi connectivity index (χ0v) is 29.6. The van der Waals surface area contributed by atoms with E-state index >= 15 is 0 Å². The summed E-state index contributed by atoms with van der Waals surface area (Å²) in [5.41, 5.74) is 6.75. The molecule has 7 heteroatoms. The summed E-state index contributed by atoms with van der Waals surface area (Å²) in [4.78, 5) is 27.4. The smallest absolute Gasteiger partial charge is 0.343 e. The van der Waals surface area contributed by atoms with Gasteiger partial charge in [0.15, 0.2) is 0 Å². The molecule has 6 aromatic carbocycles. The minimum absolute atomic E-state index is 0.293. The topological polar surface area (TPSA) is 52.6 Å². The van der Waals surface area contributed by atoms with Gasteiger partial charge in [-0.05, 0) is 152 Å². The molecule has 234 valence electrons. The van der Waals surface area contributed by atoms with Crippen LogP contribution in [0.25, 0.3) is 0 Å². The van der Waals surface area contributed by atoms with Crippen molar-refractivity contribution in [3.8, 4) is 11.5 Å². The largest absolute Gasteiger partial charge is 0.423 e. The summed E-state index contributed by atoms with van der Waals surface area (Å²) in [6.07, 6.45) is 0.448. The Bertz CT molecular complexity index is 2180. The average Bonchev–Trinajstić information content (AvgIpc) is 3.11. The van der Waals surface area contributed by atoms with Crippen molar-refractivity contribution < 1.29 is 23.5 Å². The minimum atomic E-state index is -0.859. The van der Waals surface area contributed by atoms with Crippen LogP contribution in [0.1, 0.15) is 65.6 Å². The van der Waals surface area contributed by atoms with Crippen molar-refractivity contribution in [1.29, 1.82) is 0 Å². The fraction of sp³-hybridized carbons (Fsp3) is 0.0732. The van der Waals surface area contributed by atoms with Gasteiger partial charge in [-0.1, -0.05) is 60.7 Å². The molecule has 6 aromatic rings. The SMILES string of the molecule is O=C(Oc1ccc(OC(=O)c2ccc(I)cc2)c2c1C1c3ccccc3C2(Cc2ccc(F)cc2)c2ccccc21)c1ccc(I)cc1. The Morgan fingerprint density at radius 1 is 0.604 bits per heavy atom. The molecule has 0 amide bonds. The molecule has 4 nitrogen and oxygen atoms in total. The first-order valence-electron chi connectivity index (χ1n) is 15.4. The first-order valence-corrected chi connectivity index (χ1v) is 17.6. The van der Waals surface area contributed by atoms with E-state index in [2.05, 4.69) is 69.4 Å². The van der Waals surface area contributed by atoms with Crippen molar-refractivity contribution in [2.45, 2.75) is 17.8 Å². The third kappa shape index (κ3) is 5.15. The van der Waals surface area contributed by atoms with Crippen LogP contribution in [-0.4, -0.2) is 11.9 Å². The van der Waals surface area contributed by atoms with Crippen molar-refractivity contribution in [2.75, 3.05) is 0 Å². The molecule has 9 rings (SSSR count). The number of esters is 2. The highest BCUT2D eigenvalue weighted by molar-refractivity contribution is 14.1. The first-order chi connectivity index (χ1) is 23.3. The molecule has 0 spiro atoms. The van der Waals surface area contributed by atoms with Crippen LogP contribution in [0.5, 0.6) is 11.5 Å². The quantitative estimate of drug-likeness (QED) is 0.0952. The van der Waals surface area contributed by atoms with E-state index < -0.39 is 17.4 Å². The second kappa shape index (κ2) is 12.3. The summed E-state index contributed by atoms with van der Waals surface area (Å²) in [7, 11) is 0. The molecule has 3 aliphatic rings. The zero-order valence-electron chi connectivity index (χ0n) is 25.3. The normalized spacial score (nSPS) is 16.8. The van der Waals surface area contributed by atoms with Gasteiger partial charge in [0.2, 0.25) is 0 Å². The predicted octanol–water partition coefficient (Wildman–Crippen LogP) is 9.86. The molecule has 3 aliphatic carbocycles. The number of carbonyl (C=O) groups is 2. The lowest BCUT2D eigenvalue weighted by atomic mass is 9.51. The molecule has 0 unspecified atom stereocenters. The fourth-order valence-corrected chi connectivity index (χ4v) is 8.04. The van der Waals surface area contributed by atoms with E-state index in [9.17, 15) is 14.0 Å². The van der Waals surface area contributed by atoms with E-state index in [1.165, 1.54) is 12.1 Å². The number of benzene rings is 6. The van der Waals surface area contributed by atoms with Crippen molar-refractivity contribution in [3.05, 3.63) is 196 Å². The number of carbonyl (C=O) groups excluding carboxylic acids is 2. The third-order valence-electron chi connectivity index (χ3n) is 9.29. The molecule has 0 N–H and O–H groups in total. The van der Waals surface area contributed by atoms with Crippen LogP contribution in [0.2, 0.25) is 0 Å².